The minimum absolute atomic E-state index is 0.753. The van der Waals surface area contributed by atoms with Gasteiger partial charge in [-0.2, -0.15) is 0 Å². The summed E-state index contributed by atoms with van der Waals surface area (Å²) in [5.74, 6) is 0.753. The van der Waals surface area contributed by atoms with Crippen LogP contribution in [0.2, 0.25) is 0 Å². The fraction of sp³-hybridized carbons (Fsp3) is 0.600. The molecule has 1 nitrogen and oxygen atoms in total. The summed E-state index contributed by atoms with van der Waals surface area (Å²) in [6.07, 6.45) is 3.57. The minimum Gasteiger partial charge on any atom is -0.316 e. The molecule has 0 heterocycles. The molecule has 0 aliphatic carbocycles. The molecule has 0 amide bonds. The van der Waals surface area contributed by atoms with Crippen molar-refractivity contribution in [1.82, 2.24) is 5.32 Å². The molecule has 0 saturated carbocycles. The Morgan fingerprint density at radius 3 is 2.62 bits per heavy atom. The van der Waals surface area contributed by atoms with Gasteiger partial charge >= 0.3 is 0 Å². The smallest absolute Gasteiger partial charge is 0.00258 e. The van der Waals surface area contributed by atoms with Gasteiger partial charge in [-0.05, 0) is 49.4 Å². The lowest BCUT2D eigenvalue weighted by Gasteiger charge is -2.07. The highest BCUT2D eigenvalue weighted by molar-refractivity contribution is 5.23. The molecule has 0 saturated heterocycles. The van der Waals surface area contributed by atoms with Gasteiger partial charge in [0.15, 0.2) is 0 Å². The normalized spacial score (nSPS) is 11.0. The van der Waals surface area contributed by atoms with E-state index in [0.29, 0.717) is 0 Å². The Labute approximate surface area is 100 Å². The first-order valence-corrected chi connectivity index (χ1v) is 6.51. The molecular weight excluding hydrogens is 194 g/mol. The number of hydrogen-bond acceptors (Lipinski definition) is 1. The van der Waals surface area contributed by atoms with Crippen LogP contribution in [0.25, 0.3) is 0 Å². The van der Waals surface area contributed by atoms with E-state index in [1.54, 1.807) is 0 Å². The lowest BCUT2D eigenvalue weighted by atomic mass is 10.1. The van der Waals surface area contributed by atoms with Crippen LogP contribution in [0, 0.1) is 5.92 Å². The van der Waals surface area contributed by atoms with Gasteiger partial charge in [-0.25, -0.2) is 0 Å². The SMILES string of the molecule is CCc1cccc(CCCNCC(C)C)c1. The summed E-state index contributed by atoms with van der Waals surface area (Å²) in [5, 5.41) is 3.48. The number of hydrogen-bond donors (Lipinski definition) is 1. The molecule has 0 radical (unpaired) electrons. The van der Waals surface area contributed by atoms with Crippen LogP contribution in [0.3, 0.4) is 0 Å². The van der Waals surface area contributed by atoms with E-state index in [4.69, 9.17) is 0 Å². The quantitative estimate of drug-likeness (QED) is 0.693. The molecule has 0 aliphatic heterocycles. The molecule has 1 aromatic rings. The second-order valence-corrected chi connectivity index (χ2v) is 4.88. The lowest BCUT2D eigenvalue weighted by Crippen LogP contribution is -2.21. The molecule has 0 spiro atoms. The molecular formula is C15H25N. The highest BCUT2D eigenvalue weighted by Crippen LogP contribution is 2.07. The summed E-state index contributed by atoms with van der Waals surface area (Å²) in [5.41, 5.74) is 2.93. The van der Waals surface area contributed by atoms with Crippen molar-refractivity contribution in [2.75, 3.05) is 13.1 Å². The van der Waals surface area contributed by atoms with Gasteiger partial charge in [-0.1, -0.05) is 45.0 Å². The maximum absolute atomic E-state index is 3.48. The van der Waals surface area contributed by atoms with Crippen molar-refractivity contribution in [1.29, 1.82) is 0 Å². The average molecular weight is 219 g/mol. The third-order valence-electron chi connectivity index (χ3n) is 2.77. The van der Waals surface area contributed by atoms with Crippen LogP contribution in [0.4, 0.5) is 0 Å². The Kier molecular flexibility index (Phi) is 6.17. The van der Waals surface area contributed by atoms with E-state index in [-0.39, 0.29) is 0 Å². The zero-order chi connectivity index (χ0) is 11.8. The van der Waals surface area contributed by atoms with Crippen LogP contribution < -0.4 is 5.32 Å². The fourth-order valence-electron chi connectivity index (χ4n) is 1.81. The standard InChI is InChI=1S/C15H25N/c1-4-14-7-5-8-15(11-14)9-6-10-16-12-13(2)3/h5,7-8,11,13,16H,4,6,9-10,12H2,1-3H3. The molecule has 0 atom stereocenters. The molecule has 90 valence electrons. The van der Waals surface area contributed by atoms with E-state index in [9.17, 15) is 0 Å². The van der Waals surface area contributed by atoms with E-state index in [1.807, 2.05) is 0 Å². The zero-order valence-electron chi connectivity index (χ0n) is 10.9. The van der Waals surface area contributed by atoms with Crippen LogP contribution in [0.1, 0.15) is 38.3 Å². The van der Waals surface area contributed by atoms with Crippen molar-refractivity contribution in [3.05, 3.63) is 35.4 Å². The molecule has 16 heavy (non-hydrogen) atoms. The van der Waals surface area contributed by atoms with Gasteiger partial charge in [0.2, 0.25) is 0 Å². The molecule has 1 rings (SSSR count). The molecule has 1 N–H and O–H groups in total. The first kappa shape index (κ1) is 13.2. The Morgan fingerprint density at radius 1 is 1.19 bits per heavy atom. The maximum atomic E-state index is 3.48. The number of aryl methyl sites for hydroxylation is 2. The molecule has 0 aromatic heterocycles. The van der Waals surface area contributed by atoms with Gasteiger partial charge in [0.1, 0.15) is 0 Å². The van der Waals surface area contributed by atoms with E-state index >= 15 is 0 Å². The van der Waals surface area contributed by atoms with Crippen molar-refractivity contribution in [3.8, 4) is 0 Å². The second kappa shape index (κ2) is 7.45. The molecule has 0 aliphatic rings. The highest BCUT2D eigenvalue weighted by atomic mass is 14.8. The minimum atomic E-state index is 0.753. The van der Waals surface area contributed by atoms with Crippen LogP contribution in [0.15, 0.2) is 24.3 Å². The maximum Gasteiger partial charge on any atom is -0.00258 e. The van der Waals surface area contributed by atoms with Crippen molar-refractivity contribution in [3.63, 3.8) is 0 Å². The van der Waals surface area contributed by atoms with Gasteiger partial charge in [-0.15, -0.1) is 0 Å². The third-order valence-corrected chi connectivity index (χ3v) is 2.77. The van der Waals surface area contributed by atoms with Crippen LogP contribution in [-0.2, 0) is 12.8 Å². The van der Waals surface area contributed by atoms with E-state index < -0.39 is 0 Å². The Balaban J connectivity index is 2.21. The molecule has 0 unspecified atom stereocenters. The number of rotatable bonds is 7. The van der Waals surface area contributed by atoms with E-state index in [2.05, 4.69) is 50.4 Å². The summed E-state index contributed by atoms with van der Waals surface area (Å²) < 4.78 is 0. The second-order valence-electron chi connectivity index (χ2n) is 4.88. The lowest BCUT2D eigenvalue weighted by molar-refractivity contribution is 0.543. The summed E-state index contributed by atoms with van der Waals surface area (Å²) in [6.45, 7) is 8.97. The topological polar surface area (TPSA) is 12.0 Å². The molecule has 0 fully saturated rings. The molecule has 0 bridgehead atoms. The summed E-state index contributed by atoms with van der Waals surface area (Å²) in [7, 11) is 0. The average Bonchev–Trinajstić information content (AvgIpc) is 2.28. The third kappa shape index (κ3) is 5.32. The Morgan fingerprint density at radius 2 is 1.94 bits per heavy atom. The van der Waals surface area contributed by atoms with Gasteiger partial charge in [0.25, 0.3) is 0 Å². The van der Waals surface area contributed by atoms with E-state index in [0.717, 1.165) is 25.4 Å². The van der Waals surface area contributed by atoms with Gasteiger partial charge in [-0.3, -0.25) is 0 Å². The first-order valence-electron chi connectivity index (χ1n) is 6.51. The Hall–Kier alpha value is -0.820. The van der Waals surface area contributed by atoms with Crippen LogP contribution in [-0.4, -0.2) is 13.1 Å². The van der Waals surface area contributed by atoms with Gasteiger partial charge in [0, 0.05) is 0 Å². The zero-order valence-corrected chi connectivity index (χ0v) is 10.9. The van der Waals surface area contributed by atoms with Gasteiger partial charge in [0.05, 0.1) is 0 Å². The summed E-state index contributed by atoms with van der Waals surface area (Å²) in [4.78, 5) is 0. The first-order chi connectivity index (χ1) is 7.72. The summed E-state index contributed by atoms with van der Waals surface area (Å²) >= 11 is 0. The van der Waals surface area contributed by atoms with E-state index in [1.165, 1.54) is 24.0 Å². The number of benzene rings is 1. The Bertz CT molecular complexity index is 291. The van der Waals surface area contributed by atoms with Crippen molar-refractivity contribution in [2.45, 2.75) is 40.0 Å². The van der Waals surface area contributed by atoms with Crippen molar-refractivity contribution in [2.24, 2.45) is 5.92 Å². The highest BCUT2D eigenvalue weighted by Gasteiger charge is 1.96. The summed E-state index contributed by atoms with van der Waals surface area (Å²) in [6, 6.07) is 8.96. The number of nitrogens with one attached hydrogen (secondary N) is 1. The van der Waals surface area contributed by atoms with Crippen molar-refractivity contribution >= 4 is 0 Å². The predicted octanol–water partition coefficient (Wildman–Crippen LogP) is 3.43. The van der Waals surface area contributed by atoms with Crippen LogP contribution in [0.5, 0.6) is 0 Å². The monoisotopic (exact) mass is 219 g/mol. The molecule has 1 heteroatoms. The van der Waals surface area contributed by atoms with Crippen LogP contribution >= 0.6 is 0 Å². The largest absolute Gasteiger partial charge is 0.316 e. The van der Waals surface area contributed by atoms with Crippen molar-refractivity contribution < 1.29 is 0 Å². The predicted molar refractivity (Wildman–Crippen MR) is 71.8 cm³/mol. The fourth-order valence-corrected chi connectivity index (χ4v) is 1.81. The van der Waals surface area contributed by atoms with Gasteiger partial charge < -0.3 is 5.32 Å². The molecule has 1 aromatic carbocycles.